The zero-order valence-electron chi connectivity index (χ0n) is 36.4. The highest BCUT2D eigenvalue weighted by molar-refractivity contribution is 6.50. The number of hydrogen-bond donors (Lipinski definition) is 0. The third-order valence-corrected chi connectivity index (χ3v) is 13.7. The van der Waals surface area contributed by atoms with E-state index in [0.29, 0.717) is 16.5 Å². The lowest BCUT2D eigenvalue weighted by Gasteiger charge is -2.24. The first kappa shape index (κ1) is 37.4. The molecule has 0 N–H and O–H groups in total. The predicted octanol–water partition coefficient (Wildman–Crippen LogP) is 15.1. The molecule has 0 fully saturated rings. The summed E-state index contributed by atoms with van der Waals surface area (Å²) in [6, 6.07) is 57.2. The molecule has 11 aromatic carbocycles. The molecule has 0 aliphatic carbocycles. The molecule has 0 unspecified atom stereocenters. The van der Waals surface area contributed by atoms with Gasteiger partial charge >= 0.3 is 0 Å². The van der Waals surface area contributed by atoms with Crippen LogP contribution in [0, 0.1) is 0 Å². The van der Waals surface area contributed by atoms with Crippen LogP contribution in [0.25, 0.3) is 115 Å². The lowest BCUT2D eigenvalue weighted by molar-refractivity contribution is 0.592. The fourth-order valence-corrected chi connectivity index (χ4v) is 11.1. The molecule has 0 atom stereocenters. The van der Waals surface area contributed by atoms with E-state index in [1.165, 1.54) is 21.1 Å². The van der Waals surface area contributed by atoms with Crippen molar-refractivity contribution in [2.45, 2.75) is 52.4 Å². The maximum Gasteiger partial charge on any atom is 0.266 e. The van der Waals surface area contributed by atoms with E-state index in [-0.39, 0.29) is 21.9 Å². The van der Waals surface area contributed by atoms with E-state index in [2.05, 4.69) is 151 Å². The summed E-state index contributed by atoms with van der Waals surface area (Å²) >= 11 is 0. The summed E-state index contributed by atoms with van der Waals surface area (Å²) < 4.78 is 1.50. The fraction of sp³-hybridized carbons (Fsp3) is 0.133. The molecule has 12 aromatic rings. The fourth-order valence-electron chi connectivity index (χ4n) is 11.1. The van der Waals surface area contributed by atoms with Crippen LogP contribution in [0.4, 0.5) is 0 Å². The van der Waals surface area contributed by atoms with Crippen molar-refractivity contribution in [3.63, 3.8) is 0 Å². The zero-order valence-corrected chi connectivity index (χ0v) is 36.4. The summed E-state index contributed by atoms with van der Waals surface area (Å²) in [5, 5.41) is 11.7. The average Bonchev–Trinajstić information content (AvgIpc) is 3.79. The molecular weight excluding hydrogens is 767 g/mol. The van der Waals surface area contributed by atoms with Crippen LogP contribution in [-0.4, -0.2) is 4.57 Å². The van der Waals surface area contributed by atoms with Crippen molar-refractivity contribution in [2.75, 3.05) is 0 Å². The van der Waals surface area contributed by atoms with Gasteiger partial charge in [0.1, 0.15) is 0 Å². The number of nitrogens with zero attached hydrogens (tertiary/aromatic N) is 1. The van der Waals surface area contributed by atoms with Gasteiger partial charge in [-0.3, -0.25) is 9.59 Å². The topological polar surface area (TPSA) is 39.1 Å². The molecule has 63 heavy (non-hydrogen) atoms. The maximum atomic E-state index is 16.0. The standard InChI is InChI=1S/C60H45NO2/c1-59(2,3)47-26-15-13-22-39(47)43-32-45-52-50-41(43)30-28-36-29-31-42-44(40-23-14-16-27-48(40)60(4,5)6)33-46(53(52)51(42)49(36)50)55-54(45)57(62)61(58(55)63)56-37(34-18-9-7-10-19-34)24-17-25-38(56)35-20-11-8-12-21-35/h7-33H,1-6H3. The maximum absolute atomic E-state index is 16.0. The minimum atomic E-state index is -0.299. The SMILES string of the molecule is CC(C)(C)c1ccccc1-c1cc2c3c(=O)n(-c4c(-c5ccccc5)cccc4-c4ccccc4)c(=O)c3c3cc(-c4ccccc4C(C)(C)C)c4ccc5ccc1c1c5c4c3c21. The van der Waals surface area contributed by atoms with Gasteiger partial charge in [0.15, 0.2) is 0 Å². The van der Waals surface area contributed by atoms with Gasteiger partial charge in [0, 0.05) is 11.1 Å². The molecular formula is C60H45NO2. The number of rotatable bonds is 5. The Morgan fingerprint density at radius 2 is 0.714 bits per heavy atom. The third-order valence-electron chi connectivity index (χ3n) is 13.7. The minimum Gasteiger partial charge on any atom is -0.268 e. The van der Waals surface area contributed by atoms with Crippen LogP contribution in [-0.2, 0) is 10.8 Å². The van der Waals surface area contributed by atoms with Crippen molar-refractivity contribution in [2.24, 2.45) is 0 Å². The van der Waals surface area contributed by atoms with E-state index in [9.17, 15) is 0 Å². The summed E-state index contributed by atoms with van der Waals surface area (Å²) in [6.45, 7) is 13.6. The second-order valence-electron chi connectivity index (χ2n) is 19.5. The molecule has 0 saturated carbocycles. The summed E-state index contributed by atoms with van der Waals surface area (Å²) in [5.41, 5.74) is 10.1. The molecule has 3 nitrogen and oxygen atoms in total. The van der Waals surface area contributed by atoms with Crippen LogP contribution in [0.15, 0.2) is 173 Å². The predicted molar refractivity (Wildman–Crippen MR) is 267 cm³/mol. The molecule has 0 spiro atoms. The second-order valence-corrected chi connectivity index (χ2v) is 19.5. The van der Waals surface area contributed by atoms with Gasteiger partial charge in [0.05, 0.1) is 16.5 Å². The molecule has 0 aliphatic heterocycles. The number of fused-ring (bicyclic) bond motifs is 3. The van der Waals surface area contributed by atoms with Crippen LogP contribution in [0.2, 0.25) is 0 Å². The Morgan fingerprint density at radius 1 is 0.333 bits per heavy atom. The van der Waals surface area contributed by atoms with Crippen molar-refractivity contribution < 1.29 is 0 Å². The summed E-state index contributed by atoms with van der Waals surface area (Å²) in [6.07, 6.45) is 0. The summed E-state index contributed by atoms with van der Waals surface area (Å²) in [4.78, 5) is 32.1. The number of benzene rings is 10. The third kappa shape index (κ3) is 5.20. The highest BCUT2D eigenvalue weighted by atomic mass is 16.2. The second kappa shape index (κ2) is 13.1. The summed E-state index contributed by atoms with van der Waals surface area (Å²) in [7, 11) is 0. The van der Waals surface area contributed by atoms with E-state index >= 15 is 9.59 Å². The van der Waals surface area contributed by atoms with Gasteiger partial charge in [0.25, 0.3) is 11.1 Å². The highest BCUT2D eigenvalue weighted by Gasteiger charge is 2.32. The molecule has 1 aromatic heterocycles. The number of hydrogen-bond acceptors (Lipinski definition) is 2. The number of para-hydroxylation sites is 1. The van der Waals surface area contributed by atoms with E-state index < -0.39 is 0 Å². The Kier molecular flexibility index (Phi) is 7.77. The monoisotopic (exact) mass is 811 g/mol. The number of aromatic nitrogens is 1. The minimum absolute atomic E-state index is 0.149. The van der Waals surface area contributed by atoms with Crippen LogP contribution in [0.1, 0.15) is 52.7 Å². The molecule has 12 rings (SSSR count). The highest BCUT2D eigenvalue weighted by Crippen LogP contribution is 2.55. The van der Waals surface area contributed by atoms with Crippen molar-refractivity contribution in [3.8, 4) is 50.2 Å². The molecule has 0 bridgehead atoms. The quantitative estimate of drug-likeness (QED) is 0.162. The van der Waals surface area contributed by atoms with E-state index in [1.807, 2.05) is 54.6 Å². The Bertz CT molecular complexity index is 3640. The molecule has 0 amide bonds. The molecule has 1 heterocycles. The first-order chi connectivity index (χ1) is 30.4. The van der Waals surface area contributed by atoms with Gasteiger partial charge in [-0.2, -0.15) is 0 Å². The van der Waals surface area contributed by atoms with Crippen LogP contribution in [0.3, 0.4) is 0 Å². The lowest BCUT2D eigenvalue weighted by atomic mass is 9.80. The summed E-state index contributed by atoms with van der Waals surface area (Å²) in [5.74, 6) is 0. The molecule has 0 radical (unpaired) electrons. The first-order valence-electron chi connectivity index (χ1n) is 22.0. The van der Waals surface area contributed by atoms with Crippen molar-refractivity contribution in [1.29, 1.82) is 0 Å². The Labute approximate surface area is 365 Å². The normalized spacial score (nSPS) is 12.7. The van der Waals surface area contributed by atoms with E-state index in [1.54, 1.807) is 0 Å². The Hall–Kier alpha value is -7.36. The van der Waals surface area contributed by atoms with Gasteiger partial charge in [0.2, 0.25) is 0 Å². The smallest absolute Gasteiger partial charge is 0.266 e. The van der Waals surface area contributed by atoms with Crippen molar-refractivity contribution >= 4 is 64.6 Å². The van der Waals surface area contributed by atoms with Gasteiger partial charge in [-0.25, -0.2) is 4.57 Å². The molecule has 302 valence electrons. The lowest BCUT2D eigenvalue weighted by Crippen LogP contribution is -2.25. The van der Waals surface area contributed by atoms with Crippen LogP contribution < -0.4 is 11.1 Å². The zero-order chi connectivity index (χ0) is 43.1. The first-order valence-corrected chi connectivity index (χ1v) is 22.0. The van der Waals surface area contributed by atoms with Gasteiger partial charge in [-0.1, -0.05) is 193 Å². The van der Waals surface area contributed by atoms with Crippen LogP contribution >= 0.6 is 0 Å². The van der Waals surface area contributed by atoms with Gasteiger partial charge in [-0.05, 0) is 121 Å². The van der Waals surface area contributed by atoms with Crippen molar-refractivity contribution in [1.82, 2.24) is 4.57 Å². The van der Waals surface area contributed by atoms with E-state index in [4.69, 9.17) is 0 Å². The van der Waals surface area contributed by atoms with E-state index in [0.717, 1.165) is 93.0 Å². The van der Waals surface area contributed by atoms with Crippen molar-refractivity contribution in [3.05, 3.63) is 196 Å². The van der Waals surface area contributed by atoms with Gasteiger partial charge < -0.3 is 0 Å². The largest absolute Gasteiger partial charge is 0.268 e. The average molecular weight is 812 g/mol. The Balaban J connectivity index is 1.34. The van der Waals surface area contributed by atoms with Gasteiger partial charge in [-0.15, -0.1) is 0 Å². The van der Waals surface area contributed by atoms with Crippen LogP contribution in [0.5, 0.6) is 0 Å². The Morgan fingerprint density at radius 3 is 1.14 bits per heavy atom. The molecule has 0 saturated heterocycles. The molecule has 0 aliphatic rings. The molecule has 3 heteroatoms.